The maximum Gasteiger partial charge on any atom is 0.238 e. The second-order valence-corrected chi connectivity index (χ2v) is 3.64. The molecule has 1 aliphatic heterocycles. The number of benzene rings is 1. The quantitative estimate of drug-likeness (QED) is 0.812. The van der Waals surface area contributed by atoms with Crippen LogP contribution in [0.5, 0.6) is 11.5 Å². The Morgan fingerprint density at radius 2 is 2.00 bits per heavy atom. The third kappa shape index (κ3) is 2.20. The number of anilines is 1. The molecule has 5 nitrogen and oxygen atoms in total. The van der Waals surface area contributed by atoms with Crippen LogP contribution in [0, 0.1) is 0 Å². The molecule has 1 amide bonds. The molecule has 0 saturated heterocycles. The van der Waals surface area contributed by atoms with Gasteiger partial charge in [-0.1, -0.05) is 11.6 Å². The van der Waals surface area contributed by atoms with Crippen LogP contribution >= 0.6 is 11.6 Å². The highest BCUT2D eigenvalue weighted by atomic mass is 35.5. The van der Waals surface area contributed by atoms with E-state index in [1.54, 1.807) is 12.1 Å². The lowest BCUT2D eigenvalue weighted by Crippen LogP contribution is -2.22. The minimum Gasteiger partial charge on any atom is -0.486 e. The van der Waals surface area contributed by atoms with Gasteiger partial charge in [-0.25, -0.2) is 0 Å². The Morgan fingerprint density at radius 3 is 2.62 bits per heavy atom. The molecule has 2 rings (SSSR count). The third-order valence-corrected chi connectivity index (χ3v) is 2.40. The molecule has 1 aromatic rings. The molecular formula is C10H11ClN2O3. The SMILES string of the molecule is NCC(=O)Nc1cc2c(cc1Cl)OCCO2. The molecular weight excluding hydrogens is 232 g/mol. The zero-order valence-corrected chi connectivity index (χ0v) is 9.21. The molecule has 0 bridgehead atoms. The van der Waals surface area contributed by atoms with E-state index in [1.165, 1.54) is 0 Å². The monoisotopic (exact) mass is 242 g/mol. The van der Waals surface area contributed by atoms with E-state index in [9.17, 15) is 4.79 Å². The second-order valence-electron chi connectivity index (χ2n) is 3.23. The lowest BCUT2D eigenvalue weighted by atomic mass is 10.2. The standard InChI is InChI=1S/C10H11ClN2O3/c11-6-3-8-9(16-2-1-15-8)4-7(6)13-10(14)5-12/h3-4H,1-2,5,12H2,(H,13,14). The van der Waals surface area contributed by atoms with Crippen LogP contribution in [0.2, 0.25) is 5.02 Å². The predicted octanol–water partition coefficient (Wildman–Crippen LogP) is 1.01. The number of ether oxygens (including phenoxy) is 2. The number of halogens is 1. The van der Waals surface area contributed by atoms with Crippen molar-refractivity contribution in [2.24, 2.45) is 5.73 Å². The highest BCUT2D eigenvalue weighted by molar-refractivity contribution is 6.34. The van der Waals surface area contributed by atoms with Crippen LogP contribution in [-0.4, -0.2) is 25.7 Å². The van der Waals surface area contributed by atoms with Crippen LogP contribution in [0.3, 0.4) is 0 Å². The van der Waals surface area contributed by atoms with Gasteiger partial charge in [-0.05, 0) is 0 Å². The Hall–Kier alpha value is -1.46. The first kappa shape index (κ1) is 11.0. The molecule has 86 valence electrons. The number of nitrogens with two attached hydrogens (primary N) is 1. The minimum atomic E-state index is -0.307. The van der Waals surface area contributed by atoms with E-state index in [-0.39, 0.29) is 12.5 Å². The van der Waals surface area contributed by atoms with Gasteiger partial charge >= 0.3 is 0 Å². The first-order valence-corrected chi connectivity index (χ1v) is 5.17. The highest BCUT2D eigenvalue weighted by Gasteiger charge is 2.15. The van der Waals surface area contributed by atoms with Crippen molar-refractivity contribution in [3.8, 4) is 11.5 Å². The number of hydrogen-bond donors (Lipinski definition) is 2. The molecule has 16 heavy (non-hydrogen) atoms. The Balaban J connectivity index is 2.28. The van der Waals surface area contributed by atoms with Gasteiger partial charge in [0.25, 0.3) is 0 Å². The van der Waals surface area contributed by atoms with Crippen molar-refractivity contribution in [1.29, 1.82) is 0 Å². The number of rotatable bonds is 2. The maximum absolute atomic E-state index is 11.1. The van der Waals surface area contributed by atoms with E-state index in [4.69, 9.17) is 26.8 Å². The fourth-order valence-electron chi connectivity index (χ4n) is 1.36. The topological polar surface area (TPSA) is 73.6 Å². The summed E-state index contributed by atoms with van der Waals surface area (Å²) in [5.74, 6) is 0.851. The van der Waals surface area contributed by atoms with Gasteiger partial charge in [-0.3, -0.25) is 4.79 Å². The van der Waals surface area contributed by atoms with Crippen LogP contribution < -0.4 is 20.5 Å². The highest BCUT2D eigenvalue weighted by Crippen LogP contribution is 2.37. The van der Waals surface area contributed by atoms with Crippen LogP contribution in [0.1, 0.15) is 0 Å². The zero-order valence-electron chi connectivity index (χ0n) is 8.46. The molecule has 0 radical (unpaired) electrons. The molecule has 0 atom stereocenters. The van der Waals surface area contributed by atoms with Gasteiger partial charge in [-0.15, -0.1) is 0 Å². The van der Waals surface area contributed by atoms with Crippen molar-refractivity contribution >= 4 is 23.2 Å². The van der Waals surface area contributed by atoms with Gasteiger partial charge in [0.1, 0.15) is 13.2 Å². The van der Waals surface area contributed by atoms with Gasteiger partial charge in [0, 0.05) is 12.1 Å². The summed E-state index contributed by atoms with van der Waals surface area (Å²) in [6, 6.07) is 3.24. The van der Waals surface area contributed by atoms with Crippen LogP contribution in [-0.2, 0) is 4.79 Å². The molecule has 3 N–H and O–H groups in total. The van der Waals surface area contributed by atoms with Crippen molar-refractivity contribution in [2.45, 2.75) is 0 Å². The van der Waals surface area contributed by atoms with Crippen LogP contribution in [0.15, 0.2) is 12.1 Å². The fourth-order valence-corrected chi connectivity index (χ4v) is 1.56. The number of carbonyl (C=O) groups is 1. The summed E-state index contributed by atoms with van der Waals surface area (Å²) < 4.78 is 10.7. The Kier molecular flexibility index (Phi) is 3.17. The van der Waals surface area contributed by atoms with Gasteiger partial charge < -0.3 is 20.5 Å². The second kappa shape index (κ2) is 4.59. The lowest BCUT2D eigenvalue weighted by molar-refractivity contribution is -0.114. The smallest absolute Gasteiger partial charge is 0.238 e. The summed E-state index contributed by atoms with van der Waals surface area (Å²) in [4.78, 5) is 11.1. The molecule has 0 aromatic heterocycles. The Bertz CT molecular complexity index is 423. The van der Waals surface area contributed by atoms with E-state index in [2.05, 4.69) is 5.32 Å². The molecule has 0 aliphatic carbocycles. The summed E-state index contributed by atoms with van der Waals surface area (Å²) in [5, 5.41) is 2.97. The molecule has 0 fully saturated rings. The van der Waals surface area contributed by atoms with E-state index in [0.29, 0.717) is 35.4 Å². The van der Waals surface area contributed by atoms with E-state index in [0.717, 1.165) is 0 Å². The summed E-state index contributed by atoms with van der Waals surface area (Å²) in [6.45, 7) is 0.890. The average Bonchev–Trinajstić information content (AvgIpc) is 2.30. The molecule has 1 aliphatic rings. The fraction of sp³-hybridized carbons (Fsp3) is 0.300. The minimum absolute atomic E-state index is 0.0925. The van der Waals surface area contributed by atoms with Gasteiger partial charge in [0.05, 0.1) is 17.3 Å². The van der Waals surface area contributed by atoms with Crippen molar-refractivity contribution in [3.63, 3.8) is 0 Å². The summed E-state index contributed by atoms with van der Waals surface area (Å²) in [7, 11) is 0. The Labute approximate surface area is 97.5 Å². The van der Waals surface area contributed by atoms with E-state index in [1.807, 2.05) is 0 Å². The maximum atomic E-state index is 11.1. The predicted molar refractivity (Wildman–Crippen MR) is 60.1 cm³/mol. The number of carbonyl (C=O) groups excluding carboxylic acids is 1. The molecule has 0 spiro atoms. The van der Waals surface area contributed by atoms with Crippen LogP contribution in [0.25, 0.3) is 0 Å². The molecule has 0 saturated carbocycles. The van der Waals surface area contributed by atoms with Crippen LogP contribution in [0.4, 0.5) is 5.69 Å². The summed E-state index contributed by atoms with van der Waals surface area (Å²) >= 11 is 5.97. The van der Waals surface area contributed by atoms with E-state index < -0.39 is 0 Å². The van der Waals surface area contributed by atoms with Crippen molar-refractivity contribution in [3.05, 3.63) is 17.2 Å². The molecule has 6 heteroatoms. The number of hydrogen-bond acceptors (Lipinski definition) is 4. The summed E-state index contributed by atoms with van der Waals surface area (Å²) in [5.41, 5.74) is 5.67. The summed E-state index contributed by atoms with van der Waals surface area (Å²) in [6.07, 6.45) is 0. The van der Waals surface area contributed by atoms with Gasteiger partial charge in [-0.2, -0.15) is 0 Å². The van der Waals surface area contributed by atoms with Gasteiger partial charge in [0.15, 0.2) is 11.5 Å². The lowest BCUT2D eigenvalue weighted by Gasteiger charge is -2.19. The number of amides is 1. The number of fused-ring (bicyclic) bond motifs is 1. The molecule has 1 aromatic carbocycles. The first-order chi connectivity index (χ1) is 7.70. The third-order valence-electron chi connectivity index (χ3n) is 2.09. The molecule has 1 heterocycles. The van der Waals surface area contributed by atoms with Crippen molar-refractivity contribution in [2.75, 3.05) is 25.1 Å². The number of nitrogens with one attached hydrogen (secondary N) is 1. The Morgan fingerprint density at radius 1 is 1.38 bits per heavy atom. The zero-order chi connectivity index (χ0) is 11.5. The largest absolute Gasteiger partial charge is 0.486 e. The van der Waals surface area contributed by atoms with Crippen molar-refractivity contribution < 1.29 is 14.3 Å². The van der Waals surface area contributed by atoms with Crippen molar-refractivity contribution in [1.82, 2.24) is 0 Å². The van der Waals surface area contributed by atoms with E-state index >= 15 is 0 Å². The normalized spacial score (nSPS) is 13.4. The first-order valence-electron chi connectivity index (χ1n) is 4.80. The average molecular weight is 243 g/mol. The molecule has 0 unspecified atom stereocenters. The van der Waals surface area contributed by atoms with Gasteiger partial charge in [0.2, 0.25) is 5.91 Å².